The minimum atomic E-state index is -1.80. The lowest BCUT2D eigenvalue weighted by molar-refractivity contribution is 0.160. The first kappa shape index (κ1) is 14.7. The molecule has 1 fully saturated rings. The molecule has 2 aromatic rings. The molecule has 0 unspecified atom stereocenters. The lowest BCUT2D eigenvalue weighted by Gasteiger charge is -2.40. The molecule has 0 bridgehead atoms. The van der Waals surface area contributed by atoms with Crippen molar-refractivity contribution < 1.29 is 4.43 Å². The van der Waals surface area contributed by atoms with Crippen molar-refractivity contribution in [2.45, 2.75) is 57.3 Å². The number of hydrogen-bond donors (Lipinski definition) is 0. The molecule has 1 heterocycles. The number of para-hydroxylation sites is 1. The number of fused-ring (bicyclic) bond motifs is 1. The molecule has 4 heteroatoms. The third kappa shape index (κ3) is 2.51. The number of rotatable bonds is 3. The summed E-state index contributed by atoms with van der Waals surface area (Å²) in [5.41, 5.74) is 3.05. The molecule has 1 saturated carbocycles. The van der Waals surface area contributed by atoms with Crippen LogP contribution in [0.5, 0.6) is 0 Å². The summed E-state index contributed by atoms with van der Waals surface area (Å²) in [6.07, 6.45) is 5.71. The van der Waals surface area contributed by atoms with Crippen molar-refractivity contribution in [3.63, 3.8) is 0 Å². The van der Waals surface area contributed by atoms with Gasteiger partial charge < -0.3 is 4.43 Å². The van der Waals surface area contributed by atoms with E-state index >= 15 is 0 Å². The van der Waals surface area contributed by atoms with Crippen molar-refractivity contribution >= 4 is 19.4 Å². The second-order valence-electron chi connectivity index (χ2n) is 7.59. The van der Waals surface area contributed by atoms with Gasteiger partial charge in [0.25, 0.3) is 0 Å². The summed E-state index contributed by atoms with van der Waals surface area (Å²) in [5, 5.41) is 0.221. The fourth-order valence-electron chi connectivity index (χ4n) is 2.54. The largest absolute Gasteiger partial charge is 0.407 e. The molecule has 1 aliphatic rings. The molecule has 0 amide bonds. The van der Waals surface area contributed by atoms with Crippen LogP contribution in [-0.2, 0) is 10.0 Å². The van der Waals surface area contributed by atoms with E-state index in [2.05, 4.69) is 56.0 Å². The molecule has 3 nitrogen and oxygen atoms in total. The minimum Gasteiger partial charge on any atom is -0.407 e. The summed E-state index contributed by atoms with van der Waals surface area (Å²) in [7, 11) is -1.80. The molecule has 112 valence electrons. The van der Waals surface area contributed by atoms with Gasteiger partial charge in [-0.05, 0) is 37.0 Å². The van der Waals surface area contributed by atoms with E-state index in [4.69, 9.17) is 4.43 Å². The Morgan fingerprint density at radius 1 is 1.10 bits per heavy atom. The van der Waals surface area contributed by atoms with Crippen molar-refractivity contribution in [1.29, 1.82) is 0 Å². The van der Waals surface area contributed by atoms with Crippen LogP contribution in [0.1, 0.15) is 39.2 Å². The van der Waals surface area contributed by atoms with Gasteiger partial charge in [0.05, 0.1) is 16.6 Å². The zero-order valence-corrected chi connectivity index (χ0v) is 14.6. The molecule has 0 atom stereocenters. The molecule has 21 heavy (non-hydrogen) atoms. The zero-order valence-electron chi connectivity index (χ0n) is 13.6. The monoisotopic (exact) mass is 300 g/mol. The second kappa shape index (κ2) is 4.62. The topological polar surface area (TPSA) is 35.0 Å². The van der Waals surface area contributed by atoms with Crippen LogP contribution in [0.2, 0.25) is 18.1 Å². The summed E-state index contributed by atoms with van der Waals surface area (Å²) in [5.74, 6) is 0. The maximum Gasteiger partial charge on any atom is 0.193 e. The lowest BCUT2D eigenvalue weighted by atomic mass is 10.1. The van der Waals surface area contributed by atoms with E-state index < -0.39 is 8.32 Å². The Hall–Kier alpha value is -1.26. The first-order valence-electron chi connectivity index (χ1n) is 7.66. The van der Waals surface area contributed by atoms with Crippen LogP contribution in [0.3, 0.4) is 0 Å². The predicted molar refractivity (Wildman–Crippen MR) is 88.7 cm³/mol. The van der Waals surface area contributed by atoms with Crippen LogP contribution in [-0.4, -0.2) is 18.3 Å². The van der Waals surface area contributed by atoms with E-state index in [1.54, 1.807) is 12.4 Å². The molecular formula is C17H24N2OSi. The average molecular weight is 300 g/mol. The molecule has 1 aliphatic carbocycles. The third-order valence-electron chi connectivity index (χ3n) is 4.95. The van der Waals surface area contributed by atoms with Gasteiger partial charge >= 0.3 is 0 Å². The predicted octanol–water partition coefficient (Wildman–Crippen LogP) is 4.64. The second-order valence-corrected chi connectivity index (χ2v) is 12.3. The fraction of sp³-hybridized carbons (Fsp3) is 0.529. The van der Waals surface area contributed by atoms with Gasteiger partial charge in [-0.2, -0.15) is 0 Å². The van der Waals surface area contributed by atoms with Crippen LogP contribution in [0.15, 0.2) is 30.6 Å². The van der Waals surface area contributed by atoms with Crippen LogP contribution in [0.4, 0.5) is 0 Å². The molecular weight excluding hydrogens is 276 g/mol. The highest BCUT2D eigenvalue weighted by Gasteiger charge is 2.53. The molecule has 0 saturated heterocycles. The van der Waals surface area contributed by atoms with Crippen molar-refractivity contribution in [1.82, 2.24) is 9.97 Å². The van der Waals surface area contributed by atoms with E-state index in [-0.39, 0.29) is 10.6 Å². The van der Waals surface area contributed by atoms with E-state index in [1.807, 2.05) is 6.07 Å². The Kier molecular flexibility index (Phi) is 3.22. The number of hydrogen-bond acceptors (Lipinski definition) is 3. The zero-order chi connectivity index (χ0) is 15.3. The summed E-state index contributed by atoms with van der Waals surface area (Å²) in [6.45, 7) is 11.5. The van der Waals surface area contributed by atoms with Crippen LogP contribution < -0.4 is 0 Å². The quantitative estimate of drug-likeness (QED) is 0.774. The van der Waals surface area contributed by atoms with Gasteiger partial charge in [-0.25, -0.2) is 0 Å². The third-order valence-corrected chi connectivity index (χ3v) is 9.46. The Balaban J connectivity index is 2.03. The molecule has 0 aliphatic heterocycles. The van der Waals surface area contributed by atoms with E-state index in [0.29, 0.717) is 0 Å². The van der Waals surface area contributed by atoms with Crippen LogP contribution in [0.25, 0.3) is 11.0 Å². The van der Waals surface area contributed by atoms with Crippen molar-refractivity contribution in [3.8, 4) is 0 Å². The van der Waals surface area contributed by atoms with E-state index in [1.165, 1.54) is 5.56 Å². The summed E-state index contributed by atoms with van der Waals surface area (Å²) >= 11 is 0. The number of nitrogens with zero attached hydrogens (tertiary/aromatic N) is 2. The van der Waals surface area contributed by atoms with Gasteiger partial charge in [-0.15, -0.1) is 0 Å². The Morgan fingerprint density at radius 3 is 2.38 bits per heavy atom. The highest BCUT2D eigenvalue weighted by Crippen LogP contribution is 2.55. The summed E-state index contributed by atoms with van der Waals surface area (Å²) in [4.78, 5) is 8.97. The molecule has 1 aromatic carbocycles. The average Bonchev–Trinajstić information content (AvgIpc) is 3.17. The highest BCUT2D eigenvalue weighted by molar-refractivity contribution is 6.74. The van der Waals surface area contributed by atoms with Crippen LogP contribution >= 0.6 is 0 Å². The van der Waals surface area contributed by atoms with Crippen molar-refractivity contribution in [3.05, 3.63) is 36.2 Å². The highest BCUT2D eigenvalue weighted by atomic mass is 28.4. The first-order valence-corrected chi connectivity index (χ1v) is 10.6. The molecule has 3 rings (SSSR count). The van der Waals surface area contributed by atoms with Gasteiger partial charge in [-0.3, -0.25) is 9.97 Å². The van der Waals surface area contributed by atoms with E-state index in [0.717, 1.165) is 23.9 Å². The first-order chi connectivity index (χ1) is 9.75. The standard InChI is InChI=1S/C17H24N2OSi/c1-16(2,3)21(4,5)20-17(9-10-17)13-7-6-8-14-15(13)19-12-11-18-14/h6-8,11-12H,9-10H2,1-5H3. The SMILES string of the molecule is CC(C)(C)[Si](C)(C)OC1(c2cccc3nccnc23)CC1. The minimum absolute atomic E-state index is 0.126. The normalized spacial score (nSPS) is 18.0. The summed E-state index contributed by atoms with van der Waals surface area (Å²) < 4.78 is 6.77. The molecule has 0 N–H and O–H groups in total. The summed E-state index contributed by atoms with van der Waals surface area (Å²) in [6, 6.07) is 6.26. The van der Waals surface area contributed by atoms with Gasteiger partial charge in [0.2, 0.25) is 0 Å². The van der Waals surface area contributed by atoms with Gasteiger partial charge in [0.1, 0.15) is 0 Å². The Bertz CT molecular complexity index is 667. The Labute approximate surface area is 127 Å². The number of benzene rings is 1. The number of aromatic nitrogens is 2. The van der Waals surface area contributed by atoms with Gasteiger partial charge in [0.15, 0.2) is 8.32 Å². The molecule has 0 spiro atoms. The molecule has 0 radical (unpaired) electrons. The Morgan fingerprint density at radius 2 is 1.76 bits per heavy atom. The van der Waals surface area contributed by atoms with Gasteiger partial charge in [0, 0.05) is 18.0 Å². The van der Waals surface area contributed by atoms with Crippen LogP contribution in [0, 0.1) is 0 Å². The smallest absolute Gasteiger partial charge is 0.193 e. The lowest BCUT2D eigenvalue weighted by Crippen LogP contribution is -2.44. The fourth-order valence-corrected chi connectivity index (χ4v) is 4.14. The van der Waals surface area contributed by atoms with E-state index in [9.17, 15) is 0 Å². The maximum absolute atomic E-state index is 6.77. The van der Waals surface area contributed by atoms with Gasteiger partial charge in [-0.1, -0.05) is 32.9 Å². The molecule has 1 aromatic heterocycles. The maximum atomic E-state index is 6.77. The van der Waals surface area contributed by atoms with Crippen molar-refractivity contribution in [2.75, 3.05) is 0 Å². The van der Waals surface area contributed by atoms with Crippen molar-refractivity contribution in [2.24, 2.45) is 0 Å².